The van der Waals surface area contributed by atoms with Gasteiger partial charge in [0.1, 0.15) is 17.3 Å². The molecule has 2 aromatic carbocycles. The van der Waals surface area contributed by atoms with Crippen molar-refractivity contribution in [3.63, 3.8) is 0 Å². The molecular weight excluding hydrogens is 411 g/mol. The van der Waals surface area contributed by atoms with Gasteiger partial charge < -0.3 is 9.30 Å². The van der Waals surface area contributed by atoms with E-state index in [1.807, 2.05) is 45.2 Å². The number of pyridine rings is 1. The molecule has 1 heterocycles. The molecule has 0 fully saturated rings. The highest BCUT2D eigenvalue weighted by Gasteiger charge is 2.18. The molecule has 0 amide bonds. The van der Waals surface area contributed by atoms with Crippen LogP contribution >= 0.6 is 11.9 Å². The van der Waals surface area contributed by atoms with Crippen LogP contribution in [0.1, 0.15) is 29.2 Å². The molecule has 4 nitrogen and oxygen atoms in total. The Kier molecular flexibility index (Phi) is 7.36. The third-order valence-electron chi connectivity index (χ3n) is 5.14. The third kappa shape index (κ3) is 5.09. The Labute approximate surface area is 186 Å². The number of ether oxygens (including phenoxy) is 1. The van der Waals surface area contributed by atoms with Crippen molar-refractivity contribution < 1.29 is 9.13 Å². The summed E-state index contributed by atoms with van der Waals surface area (Å²) in [6, 6.07) is 10.5. The Morgan fingerprint density at radius 2 is 1.90 bits per heavy atom. The molecule has 0 spiro atoms. The van der Waals surface area contributed by atoms with Gasteiger partial charge in [-0.1, -0.05) is 37.6 Å². The number of nitrogens with one attached hydrogen (secondary N) is 1. The molecule has 0 aliphatic carbocycles. The topological polar surface area (TPSA) is 43.3 Å². The number of hydrogen-bond acceptors (Lipinski definition) is 4. The predicted octanol–water partition coefficient (Wildman–Crippen LogP) is 6.04. The van der Waals surface area contributed by atoms with E-state index in [1.165, 1.54) is 24.1 Å². The molecule has 3 rings (SSSR count). The van der Waals surface area contributed by atoms with Crippen LogP contribution in [0.3, 0.4) is 0 Å². The molecular formula is C25H27FN2O2S. The minimum Gasteiger partial charge on any atom is -0.456 e. The monoisotopic (exact) mass is 438 g/mol. The second kappa shape index (κ2) is 9.98. The van der Waals surface area contributed by atoms with Crippen LogP contribution < -0.4 is 15.0 Å². The molecule has 0 aliphatic heterocycles. The van der Waals surface area contributed by atoms with Crippen molar-refractivity contribution in [2.75, 3.05) is 0 Å². The lowest BCUT2D eigenvalue weighted by Crippen LogP contribution is -2.17. The average Bonchev–Trinajstić information content (AvgIpc) is 2.72. The largest absolute Gasteiger partial charge is 0.456 e. The highest BCUT2D eigenvalue weighted by Crippen LogP contribution is 2.39. The summed E-state index contributed by atoms with van der Waals surface area (Å²) in [5.74, 6) is 1.01. The van der Waals surface area contributed by atoms with Crippen LogP contribution in [0.5, 0.6) is 11.5 Å². The fourth-order valence-corrected chi connectivity index (χ4v) is 4.00. The summed E-state index contributed by atoms with van der Waals surface area (Å²) in [4.78, 5) is 12.2. The summed E-state index contributed by atoms with van der Waals surface area (Å²) in [7, 11) is 1.74. The van der Waals surface area contributed by atoms with Gasteiger partial charge in [-0.05, 0) is 66.1 Å². The van der Waals surface area contributed by atoms with Crippen LogP contribution in [0.15, 0.2) is 59.4 Å². The first-order valence-electron chi connectivity index (χ1n) is 10.1. The Morgan fingerprint density at radius 3 is 2.55 bits per heavy atom. The standard InChI is InChI=1S/C25H27FN2O2S/c1-6-18-13-23(29)28(5)15-21(18)24-19(14-27-31-7-2)9-8-10-22(24)30-25-16(3)11-20(26)12-17(25)4/h7-13,15,27H,2,6,14H2,1,3-5H3. The fourth-order valence-electron chi connectivity index (χ4n) is 3.65. The van der Waals surface area contributed by atoms with E-state index in [1.54, 1.807) is 23.1 Å². The molecule has 0 aliphatic rings. The van der Waals surface area contributed by atoms with Gasteiger partial charge in [0.05, 0.1) is 0 Å². The number of hydrogen-bond donors (Lipinski definition) is 1. The maximum absolute atomic E-state index is 13.8. The number of halogens is 1. The van der Waals surface area contributed by atoms with Gasteiger partial charge in [0.25, 0.3) is 5.56 Å². The van der Waals surface area contributed by atoms with Crippen molar-refractivity contribution in [1.29, 1.82) is 0 Å². The smallest absolute Gasteiger partial charge is 0.250 e. The highest BCUT2D eigenvalue weighted by atomic mass is 32.2. The molecule has 162 valence electrons. The molecule has 31 heavy (non-hydrogen) atoms. The lowest BCUT2D eigenvalue weighted by Gasteiger charge is -2.20. The molecule has 0 saturated heterocycles. The van der Waals surface area contributed by atoms with Gasteiger partial charge >= 0.3 is 0 Å². The molecule has 1 N–H and O–H groups in total. The van der Waals surface area contributed by atoms with Gasteiger partial charge in [0.15, 0.2) is 0 Å². The van der Waals surface area contributed by atoms with Gasteiger partial charge in [-0.15, -0.1) is 0 Å². The first kappa shape index (κ1) is 22.8. The van der Waals surface area contributed by atoms with Crippen molar-refractivity contribution in [2.24, 2.45) is 7.05 Å². The van der Waals surface area contributed by atoms with Crippen molar-refractivity contribution in [1.82, 2.24) is 9.29 Å². The second-order valence-electron chi connectivity index (χ2n) is 7.38. The molecule has 3 aromatic rings. The summed E-state index contributed by atoms with van der Waals surface area (Å²) in [6.45, 7) is 10.0. The molecule has 0 unspecified atom stereocenters. The lowest BCUT2D eigenvalue weighted by molar-refractivity contribution is 0.473. The van der Waals surface area contributed by atoms with Gasteiger partial charge in [0.2, 0.25) is 0 Å². The maximum atomic E-state index is 13.8. The quantitative estimate of drug-likeness (QED) is 0.344. The van der Waals surface area contributed by atoms with E-state index in [0.717, 1.165) is 33.4 Å². The summed E-state index contributed by atoms with van der Waals surface area (Å²) < 4.78 is 25.0. The normalized spacial score (nSPS) is 10.9. The van der Waals surface area contributed by atoms with Crippen LogP contribution in [0, 0.1) is 19.7 Å². The molecule has 0 saturated carbocycles. The minimum atomic E-state index is -0.284. The van der Waals surface area contributed by atoms with E-state index >= 15 is 0 Å². The Balaban J connectivity index is 2.22. The van der Waals surface area contributed by atoms with Crippen LogP contribution in [0.25, 0.3) is 11.1 Å². The Hall–Kier alpha value is -2.83. The zero-order valence-electron chi connectivity index (χ0n) is 18.3. The Morgan fingerprint density at radius 1 is 1.19 bits per heavy atom. The fraction of sp³-hybridized carbons (Fsp3) is 0.240. The third-order valence-corrected chi connectivity index (χ3v) is 5.62. The SMILES string of the molecule is C=CSNCc1cccc(Oc2c(C)cc(F)cc2C)c1-c1cn(C)c(=O)cc1CC. The van der Waals surface area contributed by atoms with E-state index in [0.29, 0.717) is 24.5 Å². The first-order chi connectivity index (χ1) is 14.8. The van der Waals surface area contributed by atoms with Crippen molar-refractivity contribution in [3.8, 4) is 22.6 Å². The van der Waals surface area contributed by atoms with E-state index in [4.69, 9.17) is 4.74 Å². The molecule has 1 aromatic heterocycles. The number of aryl methyl sites for hydroxylation is 4. The van der Waals surface area contributed by atoms with Gasteiger partial charge in [-0.25, -0.2) is 4.39 Å². The van der Waals surface area contributed by atoms with Crippen molar-refractivity contribution in [3.05, 3.63) is 93.0 Å². The summed E-state index contributed by atoms with van der Waals surface area (Å²) >= 11 is 1.41. The van der Waals surface area contributed by atoms with Crippen molar-refractivity contribution in [2.45, 2.75) is 33.7 Å². The summed E-state index contributed by atoms with van der Waals surface area (Å²) in [6.07, 6.45) is 2.57. The van der Waals surface area contributed by atoms with Crippen LogP contribution in [0.4, 0.5) is 4.39 Å². The number of benzene rings is 2. The van der Waals surface area contributed by atoms with E-state index in [2.05, 4.69) is 11.3 Å². The van der Waals surface area contributed by atoms with Crippen molar-refractivity contribution >= 4 is 11.9 Å². The van der Waals surface area contributed by atoms with Crippen LogP contribution in [-0.2, 0) is 20.0 Å². The predicted molar refractivity (Wildman–Crippen MR) is 127 cm³/mol. The number of aromatic nitrogens is 1. The van der Waals surface area contributed by atoms with Crippen LogP contribution in [-0.4, -0.2) is 4.57 Å². The lowest BCUT2D eigenvalue weighted by atomic mass is 9.94. The van der Waals surface area contributed by atoms with E-state index < -0.39 is 0 Å². The highest BCUT2D eigenvalue weighted by molar-refractivity contribution is 8.00. The zero-order valence-corrected chi connectivity index (χ0v) is 19.1. The Bertz CT molecular complexity index is 1150. The number of rotatable bonds is 8. The molecule has 0 bridgehead atoms. The second-order valence-corrected chi connectivity index (χ2v) is 8.24. The summed E-state index contributed by atoms with van der Waals surface area (Å²) in [5.41, 5.74) is 5.23. The summed E-state index contributed by atoms with van der Waals surface area (Å²) in [5, 5.41) is 1.73. The van der Waals surface area contributed by atoms with E-state index in [9.17, 15) is 9.18 Å². The molecule has 0 atom stereocenters. The number of nitrogens with zero attached hydrogens (tertiary/aromatic N) is 1. The molecule has 0 radical (unpaired) electrons. The van der Waals surface area contributed by atoms with E-state index in [-0.39, 0.29) is 11.4 Å². The minimum absolute atomic E-state index is 0.0499. The molecule has 6 heteroatoms. The van der Waals surface area contributed by atoms with Gasteiger partial charge in [-0.3, -0.25) is 9.52 Å². The van der Waals surface area contributed by atoms with Crippen LogP contribution in [0.2, 0.25) is 0 Å². The maximum Gasteiger partial charge on any atom is 0.250 e. The average molecular weight is 439 g/mol. The van der Waals surface area contributed by atoms with Gasteiger partial charge in [0, 0.05) is 37.0 Å². The van der Waals surface area contributed by atoms with Gasteiger partial charge in [-0.2, -0.15) is 0 Å². The first-order valence-corrected chi connectivity index (χ1v) is 11.0. The zero-order chi connectivity index (χ0) is 22.5.